The molecule has 1 aromatic heterocycles. The molecule has 2 aromatic rings. The number of rotatable bonds is 10. The van der Waals surface area contributed by atoms with E-state index >= 15 is 0 Å². The second-order valence-electron chi connectivity index (χ2n) is 7.95. The largest absolute Gasteiger partial charge is 0.436 e. The average Bonchev–Trinajstić information content (AvgIpc) is 3.26. The Balaban J connectivity index is 1.73. The smallest absolute Gasteiger partial charge is 0.288 e. The van der Waals surface area contributed by atoms with Gasteiger partial charge in [-0.2, -0.15) is 0 Å². The van der Waals surface area contributed by atoms with Gasteiger partial charge in [-0.25, -0.2) is 9.37 Å². The van der Waals surface area contributed by atoms with Gasteiger partial charge in [0.1, 0.15) is 11.6 Å². The second-order valence-corrected chi connectivity index (χ2v) is 8.43. The van der Waals surface area contributed by atoms with E-state index in [0.717, 1.165) is 17.5 Å². The highest BCUT2D eigenvalue weighted by molar-refractivity contribution is 6.30. The number of benzene rings is 1. The van der Waals surface area contributed by atoms with Crippen molar-refractivity contribution in [3.05, 3.63) is 70.2 Å². The summed E-state index contributed by atoms with van der Waals surface area (Å²) in [6, 6.07) is 7.07. The summed E-state index contributed by atoms with van der Waals surface area (Å²) >= 11 is 6.09. The molecule has 0 saturated carbocycles. The monoisotopic (exact) mass is 458 g/mol. The van der Waals surface area contributed by atoms with E-state index in [9.17, 15) is 14.0 Å². The molecule has 3 rings (SSSR count). The summed E-state index contributed by atoms with van der Waals surface area (Å²) in [7, 11) is 0. The summed E-state index contributed by atoms with van der Waals surface area (Å²) in [6.45, 7) is 3.84. The number of carbonyl (C=O) groups excluding carboxylic acids is 2. The van der Waals surface area contributed by atoms with Crippen molar-refractivity contribution < 1.29 is 18.4 Å². The molecule has 1 unspecified atom stereocenters. The Bertz CT molecular complexity index is 1020. The average molecular weight is 459 g/mol. The van der Waals surface area contributed by atoms with Gasteiger partial charge in [-0.05, 0) is 36.5 Å². The lowest BCUT2D eigenvalue weighted by molar-refractivity contribution is -0.119. The zero-order valence-electron chi connectivity index (χ0n) is 18.4. The highest BCUT2D eigenvalue weighted by Crippen LogP contribution is 2.33. The first-order valence-corrected chi connectivity index (χ1v) is 11.4. The number of halogens is 2. The Kier molecular flexibility index (Phi) is 8.39. The number of hydrogen-bond donors (Lipinski definition) is 1. The van der Waals surface area contributed by atoms with Crippen LogP contribution in [0.2, 0.25) is 0 Å². The standard InChI is InChI=1S/C25H28ClFN2O3/c1-3-5-20(30)14-19(29-25(31)23-15-28-24(4-2)32-23)12-16-6-8-17(9-7-16)21-13-18(26)10-11-22(21)27/h6-9,13,15,19H,3-5,10-12,14H2,1-2H3,(H,29,31). The van der Waals surface area contributed by atoms with Gasteiger partial charge in [0.05, 0.1) is 6.20 Å². The SMILES string of the molecule is CCCC(=O)CC(Cc1ccc(C2=C(F)CCC(Cl)=C2)cc1)NC(=O)c1cnc(CC)o1. The van der Waals surface area contributed by atoms with Crippen LogP contribution in [0.5, 0.6) is 0 Å². The molecule has 1 aliphatic carbocycles. The Morgan fingerprint density at radius 3 is 2.62 bits per heavy atom. The van der Waals surface area contributed by atoms with Crippen molar-refractivity contribution >= 4 is 28.9 Å². The summed E-state index contributed by atoms with van der Waals surface area (Å²) in [5.74, 6) is 0.153. The molecule has 0 bridgehead atoms. The third-order valence-electron chi connectivity index (χ3n) is 5.34. The van der Waals surface area contributed by atoms with Crippen molar-refractivity contribution in [3.8, 4) is 0 Å². The van der Waals surface area contributed by atoms with Gasteiger partial charge < -0.3 is 9.73 Å². The molecular weight excluding hydrogens is 431 g/mol. The van der Waals surface area contributed by atoms with Crippen LogP contribution in [0.15, 0.2) is 51.8 Å². The minimum absolute atomic E-state index is 0.0930. The maximum absolute atomic E-state index is 14.2. The second kappa shape index (κ2) is 11.2. The van der Waals surface area contributed by atoms with Crippen molar-refractivity contribution in [1.29, 1.82) is 0 Å². The third-order valence-corrected chi connectivity index (χ3v) is 5.64. The van der Waals surface area contributed by atoms with Crippen molar-refractivity contribution in [2.24, 2.45) is 0 Å². The van der Waals surface area contributed by atoms with Crippen LogP contribution in [0.1, 0.15) is 73.5 Å². The summed E-state index contributed by atoms with van der Waals surface area (Å²) in [6.07, 6.45) is 6.41. The van der Waals surface area contributed by atoms with Gasteiger partial charge in [0.25, 0.3) is 5.91 Å². The number of ketones is 1. The molecule has 1 atom stereocenters. The van der Waals surface area contributed by atoms with E-state index in [1.807, 2.05) is 38.1 Å². The van der Waals surface area contributed by atoms with Crippen molar-refractivity contribution in [2.75, 3.05) is 0 Å². The van der Waals surface area contributed by atoms with Crippen LogP contribution < -0.4 is 5.32 Å². The lowest BCUT2D eigenvalue weighted by Crippen LogP contribution is -2.38. The lowest BCUT2D eigenvalue weighted by atomic mass is 9.95. The molecular formula is C25H28ClFN2O3. The molecule has 5 nitrogen and oxygen atoms in total. The molecule has 0 radical (unpaired) electrons. The predicted octanol–water partition coefficient (Wildman–Crippen LogP) is 5.93. The van der Waals surface area contributed by atoms with Crippen LogP contribution in [0.3, 0.4) is 0 Å². The molecule has 1 aliphatic rings. The van der Waals surface area contributed by atoms with Crippen LogP contribution in [0, 0.1) is 0 Å². The molecule has 170 valence electrons. The van der Waals surface area contributed by atoms with Crippen LogP contribution >= 0.6 is 11.6 Å². The van der Waals surface area contributed by atoms with E-state index in [1.54, 1.807) is 6.08 Å². The third kappa shape index (κ3) is 6.39. The van der Waals surface area contributed by atoms with Crippen LogP contribution in [-0.4, -0.2) is 22.7 Å². The van der Waals surface area contributed by atoms with Crippen molar-refractivity contribution in [2.45, 2.75) is 64.8 Å². The van der Waals surface area contributed by atoms with Gasteiger partial charge in [-0.15, -0.1) is 0 Å². The molecule has 1 aromatic carbocycles. The molecule has 0 spiro atoms. The Morgan fingerprint density at radius 2 is 1.97 bits per heavy atom. The highest BCUT2D eigenvalue weighted by atomic mass is 35.5. The summed E-state index contributed by atoms with van der Waals surface area (Å²) in [4.78, 5) is 29.0. The molecule has 1 N–H and O–H groups in total. The Hall–Kier alpha value is -2.73. The van der Waals surface area contributed by atoms with Gasteiger partial charge in [0, 0.05) is 42.3 Å². The zero-order valence-corrected chi connectivity index (χ0v) is 19.2. The number of hydrogen-bond acceptors (Lipinski definition) is 4. The first-order valence-electron chi connectivity index (χ1n) is 11.0. The van der Waals surface area contributed by atoms with Gasteiger partial charge >= 0.3 is 0 Å². The molecule has 32 heavy (non-hydrogen) atoms. The fourth-order valence-corrected chi connectivity index (χ4v) is 3.88. The van der Waals surface area contributed by atoms with Gasteiger partial charge in [-0.3, -0.25) is 9.59 Å². The minimum atomic E-state index is -0.391. The number of oxazole rings is 1. The number of Topliss-reactive ketones (excluding diaryl/α,β-unsaturated/α-hetero) is 1. The maximum Gasteiger partial charge on any atom is 0.288 e. The summed E-state index contributed by atoms with van der Waals surface area (Å²) in [5.41, 5.74) is 2.19. The first kappa shape index (κ1) is 23.9. The normalized spacial score (nSPS) is 14.8. The number of nitrogens with zero attached hydrogens (tertiary/aromatic N) is 1. The van der Waals surface area contributed by atoms with Crippen LogP contribution in [0.25, 0.3) is 5.57 Å². The molecule has 7 heteroatoms. The molecule has 1 amide bonds. The molecule has 0 fully saturated rings. The fraction of sp³-hybridized carbons (Fsp3) is 0.400. The molecule has 0 saturated heterocycles. The van der Waals surface area contributed by atoms with Crippen LogP contribution in [-0.2, 0) is 17.6 Å². The number of carbonyl (C=O) groups is 2. The number of allylic oxidation sites excluding steroid dienone is 4. The highest BCUT2D eigenvalue weighted by Gasteiger charge is 2.21. The zero-order chi connectivity index (χ0) is 23.1. The van der Waals surface area contributed by atoms with Crippen molar-refractivity contribution in [1.82, 2.24) is 10.3 Å². The first-order chi connectivity index (χ1) is 15.4. The molecule has 1 heterocycles. The van der Waals surface area contributed by atoms with Gasteiger partial charge in [-0.1, -0.05) is 49.7 Å². The number of nitrogens with one attached hydrogen (secondary N) is 1. The van der Waals surface area contributed by atoms with E-state index < -0.39 is 5.91 Å². The molecule has 0 aliphatic heterocycles. The Morgan fingerprint density at radius 1 is 1.22 bits per heavy atom. The van der Waals surface area contributed by atoms with Gasteiger partial charge in [0.2, 0.25) is 5.76 Å². The maximum atomic E-state index is 14.2. The lowest BCUT2D eigenvalue weighted by Gasteiger charge is -2.18. The number of amides is 1. The topological polar surface area (TPSA) is 72.2 Å². The van der Waals surface area contributed by atoms with Crippen molar-refractivity contribution in [3.63, 3.8) is 0 Å². The number of aryl methyl sites for hydroxylation is 1. The number of aromatic nitrogens is 1. The van der Waals surface area contributed by atoms with Gasteiger partial charge in [0.15, 0.2) is 5.89 Å². The van der Waals surface area contributed by atoms with E-state index in [4.69, 9.17) is 16.0 Å². The fourth-order valence-electron chi connectivity index (χ4n) is 3.68. The summed E-state index contributed by atoms with van der Waals surface area (Å²) in [5, 5.41) is 3.55. The van der Waals surface area contributed by atoms with E-state index in [2.05, 4.69) is 10.3 Å². The quantitative estimate of drug-likeness (QED) is 0.478. The van der Waals surface area contributed by atoms with Crippen LogP contribution in [0.4, 0.5) is 4.39 Å². The predicted molar refractivity (Wildman–Crippen MR) is 123 cm³/mol. The van der Waals surface area contributed by atoms with E-state index in [-0.39, 0.29) is 29.8 Å². The Labute approximate surface area is 192 Å². The van der Waals surface area contributed by atoms with E-state index in [0.29, 0.717) is 48.6 Å². The summed E-state index contributed by atoms with van der Waals surface area (Å²) < 4.78 is 19.7. The minimum Gasteiger partial charge on any atom is -0.436 e. The van der Waals surface area contributed by atoms with E-state index in [1.165, 1.54) is 6.20 Å².